The first-order valence-electron chi connectivity index (χ1n) is 14.7. The summed E-state index contributed by atoms with van der Waals surface area (Å²) in [4.78, 5) is 43.1. The number of thioether (sulfide) groups is 1. The number of amides is 3. The number of hydrogen-bond donors (Lipinski definition) is 5. The van der Waals surface area contributed by atoms with Crippen LogP contribution in [0.25, 0.3) is 0 Å². The van der Waals surface area contributed by atoms with Gasteiger partial charge in [-0.15, -0.1) is 0 Å². The van der Waals surface area contributed by atoms with Crippen LogP contribution in [0.15, 0.2) is 24.5 Å². The summed E-state index contributed by atoms with van der Waals surface area (Å²) in [5.74, 6) is -1.38. The van der Waals surface area contributed by atoms with E-state index in [1.807, 2.05) is 27.7 Å². The van der Waals surface area contributed by atoms with Gasteiger partial charge in [-0.25, -0.2) is 0 Å². The average Bonchev–Trinajstić information content (AvgIpc) is 2.92. The zero-order valence-electron chi connectivity index (χ0n) is 25.4. The minimum absolute atomic E-state index is 0.0912. The molecular formula is C30H52N4O5S. The number of aliphatic hydroxyl groups is 2. The third-order valence-electron chi connectivity index (χ3n) is 6.69. The zero-order valence-corrected chi connectivity index (χ0v) is 26.2. The minimum Gasteiger partial charge on any atom is -0.390 e. The van der Waals surface area contributed by atoms with Crippen LogP contribution in [0.3, 0.4) is 0 Å². The van der Waals surface area contributed by atoms with Gasteiger partial charge in [-0.3, -0.25) is 19.4 Å². The predicted molar refractivity (Wildman–Crippen MR) is 162 cm³/mol. The van der Waals surface area contributed by atoms with Crippen molar-refractivity contribution in [2.45, 2.75) is 110 Å². The van der Waals surface area contributed by atoms with Gasteiger partial charge in [-0.05, 0) is 43.2 Å². The van der Waals surface area contributed by atoms with Gasteiger partial charge in [0.2, 0.25) is 11.8 Å². The second kappa shape index (κ2) is 19.0. The molecule has 1 heterocycles. The van der Waals surface area contributed by atoms with Gasteiger partial charge in [0.05, 0.1) is 23.6 Å². The Balaban J connectivity index is 3.10. The van der Waals surface area contributed by atoms with E-state index in [1.54, 1.807) is 37.0 Å². The molecule has 3 amide bonds. The van der Waals surface area contributed by atoms with E-state index in [9.17, 15) is 24.6 Å². The number of aromatic nitrogens is 1. The summed E-state index contributed by atoms with van der Waals surface area (Å²) in [7, 11) is 0. The molecule has 5 atom stereocenters. The van der Waals surface area contributed by atoms with Gasteiger partial charge < -0.3 is 26.2 Å². The van der Waals surface area contributed by atoms with Crippen LogP contribution in [-0.2, 0) is 9.59 Å². The molecule has 10 heteroatoms. The van der Waals surface area contributed by atoms with Crippen LogP contribution in [0.2, 0.25) is 0 Å². The van der Waals surface area contributed by atoms with Gasteiger partial charge >= 0.3 is 0 Å². The van der Waals surface area contributed by atoms with Gasteiger partial charge in [0.15, 0.2) is 0 Å². The molecule has 0 aliphatic carbocycles. The summed E-state index contributed by atoms with van der Waals surface area (Å²) < 4.78 is 0. The second-order valence-corrected chi connectivity index (χ2v) is 12.8. The molecule has 1 unspecified atom stereocenters. The maximum atomic E-state index is 13.6. The molecular weight excluding hydrogens is 528 g/mol. The molecule has 1 rings (SSSR count). The predicted octanol–water partition coefficient (Wildman–Crippen LogP) is 3.54. The average molecular weight is 581 g/mol. The van der Waals surface area contributed by atoms with E-state index in [4.69, 9.17) is 0 Å². The molecule has 40 heavy (non-hydrogen) atoms. The van der Waals surface area contributed by atoms with E-state index in [2.05, 4.69) is 34.8 Å². The first-order valence-corrected chi connectivity index (χ1v) is 15.7. The summed E-state index contributed by atoms with van der Waals surface area (Å²) in [6.07, 6.45) is 4.73. The normalized spacial score (nSPS) is 15.4. The Labute approximate surface area is 245 Å². The van der Waals surface area contributed by atoms with Crippen molar-refractivity contribution < 1.29 is 24.6 Å². The maximum absolute atomic E-state index is 13.6. The number of rotatable bonds is 19. The highest BCUT2D eigenvalue weighted by Gasteiger charge is 2.36. The number of carbonyl (C=O) groups excluding carboxylic acids is 3. The van der Waals surface area contributed by atoms with Crippen LogP contribution < -0.4 is 16.0 Å². The number of carbonyl (C=O) groups is 3. The summed E-state index contributed by atoms with van der Waals surface area (Å²) in [6, 6.07) is 1.62. The topological polar surface area (TPSA) is 141 Å². The zero-order chi connectivity index (χ0) is 30.2. The van der Waals surface area contributed by atoms with E-state index in [0.717, 1.165) is 25.7 Å². The third kappa shape index (κ3) is 13.0. The van der Waals surface area contributed by atoms with Gasteiger partial charge in [0.25, 0.3) is 5.91 Å². The molecule has 0 aliphatic heterocycles. The Kier molecular flexibility index (Phi) is 17.1. The Morgan fingerprint density at radius 2 is 1.57 bits per heavy atom. The summed E-state index contributed by atoms with van der Waals surface area (Å²) in [5, 5.41) is 30.9. The van der Waals surface area contributed by atoms with Crippen molar-refractivity contribution in [2.75, 3.05) is 12.3 Å². The molecule has 0 saturated heterocycles. The van der Waals surface area contributed by atoms with Gasteiger partial charge in [-0.1, -0.05) is 61.3 Å². The second-order valence-electron chi connectivity index (χ2n) is 11.5. The number of nitrogens with one attached hydrogen (secondary N) is 3. The molecule has 9 nitrogen and oxygen atoms in total. The third-order valence-corrected chi connectivity index (χ3v) is 8.16. The van der Waals surface area contributed by atoms with Crippen molar-refractivity contribution >= 4 is 29.5 Å². The standard InChI is InChI=1S/C30H52N4O5S/c1-8-11-23(12-9-2)40-18-25(34-29(38)22-13-10-14-31-17-22)30(39)33-24(15-19(3)4)27(36)26(35)21(7)28(37)32-16-20(5)6/h10,13-14,17,19-21,23-27,35-36H,8-9,11-12,15-16,18H2,1-7H3,(H,32,37)(H,33,39)(H,34,38)/t21-,24+,25?,26-,27-/m1/s1. The number of pyridine rings is 1. The van der Waals surface area contributed by atoms with Crippen LogP contribution >= 0.6 is 11.8 Å². The largest absolute Gasteiger partial charge is 0.390 e. The van der Waals surface area contributed by atoms with Crippen molar-refractivity contribution in [3.8, 4) is 0 Å². The molecule has 0 bridgehead atoms. The molecule has 0 radical (unpaired) electrons. The first-order chi connectivity index (χ1) is 18.9. The highest BCUT2D eigenvalue weighted by molar-refractivity contribution is 7.99. The quantitative estimate of drug-likeness (QED) is 0.169. The highest BCUT2D eigenvalue weighted by Crippen LogP contribution is 2.23. The van der Waals surface area contributed by atoms with Crippen LogP contribution in [0.5, 0.6) is 0 Å². The Morgan fingerprint density at radius 3 is 2.10 bits per heavy atom. The fourth-order valence-electron chi connectivity index (χ4n) is 4.34. The van der Waals surface area contributed by atoms with E-state index >= 15 is 0 Å². The van der Waals surface area contributed by atoms with Crippen LogP contribution in [-0.4, -0.2) is 74.8 Å². The Hall–Kier alpha value is -2.17. The molecule has 0 aliphatic rings. The Bertz CT molecular complexity index is 880. The lowest BCUT2D eigenvalue weighted by Gasteiger charge is -2.32. The van der Waals surface area contributed by atoms with E-state index in [-0.39, 0.29) is 17.7 Å². The summed E-state index contributed by atoms with van der Waals surface area (Å²) in [5.41, 5.74) is 0.347. The van der Waals surface area contributed by atoms with E-state index in [1.165, 1.54) is 6.20 Å². The molecule has 0 saturated carbocycles. The van der Waals surface area contributed by atoms with Crippen molar-refractivity contribution in [2.24, 2.45) is 17.8 Å². The molecule has 228 valence electrons. The van der Waals surface area contributed by atoms with Crippen LogP contribution in [0.4, 0.5) is 0 Å². The molecule has 0 aromatic carbocycles. The van der Waals surface area contributed by atoms with Crippen molar-refractivity contribution in [1.82, 2.24) is 20.9 Å². The molecule has 0 fully saturated rings. The molecule has 1 aromatic rings. The van der Waals surface area contributed by atoms with Gasteiger partial charge in [-0.2, -0.15) is 11.8 Å². The summed E-state index contributed by atoms with van der Waals surface area (Å²) >= 11 is 1.66. The first kappa shape index (κ1) is 35.9. The monoisotopic (exact) mass is 580 g/mol. The summed E-state index contributed by atoms with van der Waals surface area (Å²) in [6.45, 7) is 14.1. The smallest absolute Gasteiger partial charge is 0.253 e. The lowest BCUT2D eigenvalue weighted by atomic mass is 9.89. The maximum Gasteiger partial charge on any atom is 0.253 e. The van der Waals surface area contributed by atoms with Gasteiger partial charge in [0, 0.05) is 29.9 Å². The fourth-order valence-corrected chi connectivity index (χ4v) is 5.84. The van der Waals surface area contributed by atoms with Crippen LogP contribution in [0, 0.1) is 17.8 Å². The lowest BCUT2D eigenvalue weighted by molar-refractivity contribution is -0.133. The number of hydrogen-bond acceptors (Lipinski definition) is 7. The van der Waals surface area contributed by atoms with Crippen molar-refractivity contribution in [3.63, 3.8) is 0 Å². The molecule has 1 aromatic heterocycles. The van der Waals surface area contributed by atoms with Crippen molar-refractivity contribution in [1.29, 1.82) is 0 Å². The number of nitrogens with zero attached hydrogens (tertiary/aromatic N) is 1. The minimum atomic E-state index is -1.38. The Morgan fingerprint density at radius 1 is 0.925 bits per heavy atom. The van der Waals surface area contributed by atoms with Crippen LogP contribution in [0.1, 0.15) is 90.9 Å². The molecule has 0 spiro atoms. The fraction of sp³-hybridized carbons (Fsp3) is 0.733. The van der Waals surface area contributed by atoms with Crippen molar-refractivity contribution in [3.05, 3.63) is 30.1 Å². The molecule has 5 N–H and O–H groups in total. The van der Waals surface area contributed by atoms with Gasteiger partial charge in [0.1, 0.15) is 12.1 Å². The lowest BCUT2D eigenvalue weighted by Crippen LogP contribution is -2.57. The number of aliphatic hydroxyl groups excluding tert-OH is 2. The highest BCUT2D eigenvalue weighted by atomic mass is 32.2. The van der Waals surface area contributed by atoms with E-state index < -0.39 is 42.0 Å². The SMILES string of the molecule is CCCC(CCC)SCC(NC(=O)c1cccnc1)C(=O)N[C@@H](CC(C)C)[C@@H](O)[C@H](O)[C@@H](C)C(=O)NCC(C)C. The van der Waals surface area contributed by atoms with E-state index in [0.29, 0.717) is 29.5 Å².